The van der Waals surface area contributed by atoms with E-state index in [-0.39, 0.29) is 42.7 Å². The van der Waals surface area contributed by atoms with E-state index in [2.05, 4.69) is 111 Å². The number of aliphatic carboxylic acids is 1. The van der Waals surface area contributed by atoms with E-state index in [0.717, 1.165) is 89.9 Å². The average molecular weight is 767 g/mol. The number of hydrogen-bond donors (Lipinski definition) is 1. The summed E-state index contributed by atoms with van der Waals surface area (Å²) in [5.41, 5.74) is 0. The molecule has 2 atom stereocenters. The molecule has 0 aliphatic heterocycles. The van der Waals surface area contributed by atoms with Crippen molar-refractivity contribution in [3.05, 3.63) is 97.2 Å². The van der Waals surface area contributed by atoms with Crippen LogP contribution >= 0.6 is 0 Å². The number of esters is 2. The Bertz CT molecular complexity index is 1220. The summed E-state index contributed by atoms with van der Waals surface area (Å²) in [6, 6.07) is -0.633. The quantitative estimate of drug-likeness (QED) is 0.0297. The average Bonchev–Trinajstić information content (AvgIpc) is 3.14. The molecule has 0 aliphatic rings. The molecule has 8 heteroatoms. The van der Waals surface area contributed by atoms with E-state index in [4.69, 9.17) is 14.2 Å². The van der Waals surface area contributed by atoms with Gasteiger partial charge in [-0.1, -0.05) is 124 Å². The smallest absolute Gasteiger partial charge is 0.362 e. The topological polar surface area (TPSA) is 99.1 Å². The molecule has 2 unspecified atom stereocenters. The van der Waals surface area contributed by atoms with E-state index >= 15 is 0 Å². The fraction of sp³-hybridized carbons (Fsp3) is 0.596. The van der Waals surface area contributed by atoms with Crippen LogP contribution in [0.15, 0.2) is 97.2 Å². The molecule has 0 rings (SSSR count). The summed E-state index contributed by atoms with van der Waals surface area (Å²) in [6.45, 7) is 4.39. The minimum atomic E-state index is -0.893. The van der Waals surface area contributed by atoms with Crippen LogP contribution in [0, 0.1) is 0 Å². The Kier molecular flexibility index (Phi) is 34.7. The highest BCUT2D eigenvalue weighted by Crippen LogP contribution is 2.11. The summed E-state index contributed by atoms with van der Waals surface area (Å²) in [7, 11) is 5.48. The van der Waals surface area contributed by atoms with Gasteiger partial charge in [-0.2, -0.15) is 0 Å². The molecule has 1 N–H and O–H groups in total. The SMILES string of the molecule is CC/C=C/C/C=C/C/C=C/C/C=C/C/C=C/CCCC(=O)OC(COCCC(C(=O)O)[N+](C)(C)C)COC(=O)CCCCCC/C=C/C/C=C/C/C=C/CC. The number of ether oxygens (including phenoxy) is 3. The first kappa shape index (κ1) is 51.2. The Hall–Kier alpha value is -3.75. The van der Waals surface area contributed by atoms with Crippen molar-refractivity contribution in [3.8, 4) is 0 Å². The molecule has 0 fully saturated rings. The van der Waals surface area contributed by atoms with Gasteiger partial charge in [0.25, 0.3) is 0 Å². The number of nitrogens with zero attached hydrogens (tertiary/aromatic N) is 1. The molecule has 0 aromatic rings. The summed E-state index contributed by atoms with van der Waals surface area (Å²) < 4.78 is 17.2. The van der Waals surface area contributed by atoms with Crippen molar-refractivity contribution in [2.45, 2.75) is 142 Å². The molecule has 0 amide bonds. The van der Waals surface area contributed by atoms with Gasteiger partial charge in [0.15, 0.2) is 12.1 Å². The van der Waals surface area contributed by atoms with Crippen molar-refractivity contribution in [2.24, 2.45) is 0 Å². The molecule has 310 valence electrons. The van der Waals surface area contributed by atoms with E-state index < -0.39 is 18.1 Å². The number of carboxylic acids is 1. The van der Waals surface area contributed by atoms with Crippen LogP contribution in [-0.2, 0) is 28.6 Å². The van der Waals surface area contributed by atoms with Gasteiger partial charge in [-0.25, -0.2) is 4.79 Å². The third-order valence-corrected chi connectivity index (χ3v) is 8.48. The molecule has 55 heavy (non-hydrogen) atoms. The monoisotopic (exact) mass is 767 g/mol. The minimum Gasteiger partial charge on any atom is -0.477 e. The van der Waals surface area contributed by atoms with Gasteiger partial charge in [0, 0.05) is 19.3 Å². The van der Waals surface area contributed by atoms with Crippen LogP contribution in [0.3, 0.4) is 0 Å². The molecular weight excluding hydrogens is 691 g/mol. The van der Waals surface area contributed by atoms with Crippen LogP contribution in [-0.4, -0.2) is 80.6 Å². The molecular formula is C47H76NO7+. The summed E-state index contributed by atoms with van der Waals surface area (Å²) in [5.74, 6) is -1.59. The highest BCUT2D eigenvalue weighted by Gasteiger charge is 2.31. The lowest BCUT2D eigenvalue weighted by atomic mass is 10.1. The number of rotatable bonds is 35. The first-order valence-electron chi connectivity index (χ1n) is 20.8. The van der Waals surface area contributed by atoms with Gasteiger partial charge in [-0.15, -0.1) is 0 Å². The second kappa shape index (κ2) is 37.2. The van der Waals surface area contributed by atoms with Gasteiger partial charge in [0.1, 0.15) is 6.61 Å². The standard InChI is InChI=1S/C47H75NO7/c1-6-8-10-12-14-16-18-20-22-23-24-26-28-30-32-34-36-38-46(50)55-43(41-53-40-39-44(47(51)52)48(3,4)5)42-54-45(49)37-35-33-31-29-27-25-21-19-17-15-13-11-9-7-2/h8-11,14-17,20-22,24-26,30,32,43-44H,6-7,12-13,18-19,23,27-29,31,33-42H2,1-5H3/p+1/b10-8+,11-9+,16-14+,17-15+,22-20+,25-21+,26-24+,32-30+. The zero-order chi connectivity index (χ0) is 40.7. The van der Waals surface area contributed by atoms with Crippen LogP contribution in [0.4, 0.5) is 0 Å². The van der Waals surface area contributed by atoms with Crippen molar-refractivity contribution in [3.63, 3.8) is 0 Å². The van der Waals surface area contributed by atoms with E-state index in [1.807, 2.05) is 21.1 Å². The van der Waals surface area contributed by atoms with Crippen molar-refractivity contribution in [1.29, 1.82) is 0 Å². The van der Waals surface area contributed by atoms with Crippen molar-refractivity contribution < 1.29 is 38.2 Å². The van der Waals surface area contributed by atoms with Crippen LogP contribution in [0.25, 0.3) is 0 Å². The lowest BCUT2D eigenvalue weighted by Crippen LogP contribution is -2.50. The van der Waals surface area contributed by atoms with Crippen LogP contribution in [0.1, 0.15) is 129 Å². The molecule has 8 nitrogen and oxygen atoms in total. The fourth-order valence-corrected chi connectivity index (χ4v) is 5.32. The van der Waals surface area contributed by atoms with Gasteiger partial charge in [-0.3, -0.25) is 9.59 Å². The second-order valence-electron chi connectivity index (χ2n) is 14.5. The predicted octanol–water partition coefficient (Wildman–Crippen LogP) is 11.1. The molecule has 0 spiro atoms. The summed E-state index contributed by atoms with van der Waals surface area (Å²) in [5, 5.41) is 9.60. The van der Waals surface area contributed by atoms with Crippen molar-refractivity contribution in [2.75, 3.05) is 41.0 Å². The Balaban J connectivity index is 4.54. The van der Waals surface area contributed by atoms with Gasteiger partial charge in [-0.05, 0) is 83.5 Å². The molecule has 0 heterocycles. The molecule has 0 aromatic heterocycles. The van der Waals surface area contributed by atoms with Crippen molar-refractivity contribution in [1.82, 2.24) is 0 Å². The van der Waals surface area contributed by atoms with Crippen LogP contribution < -0.4 is 0 Å². The lowest BCUT2D eigenvalue weighted by Gasteiger charge is -2.31. The predicted molar refractivity (Wildman–Crippen MR) is 229 cm³/mol. The van der Waals surface area contributed by atoms with E-state index in [1.165, 1.54) is 0 Å². The highest BCUT2D eigenvalue weighted by molar-refractivity contribution is 5.72. The number of quaternary nitrogens is 1. The number of carbonyl (C=O) groups excluding carboxylic acids is 2. The number of unbranched alkanes of at least 4 members (excludes halogenated alkanes) is 5. The maximum Gasteiger partial charge on any atom is 0.362 e. The number of carboxylic acid groups (broad SMARTS) is 1. The fourth-order valence-electron chi connectivity index (χ4n) is 5.32. The second-order valence-corrected chi connectivity index (χ2v) is 14.5. The van der Waals surface area contributed by atoms with Crippen LogP contribution in [0.5, 0.6) is 0 Å². The lowest BCUT2D eigenvalue weighted by molar-refractivity contribution is -0.887. The largest absolute Gasteiger partial charge is 0.477 e. The third-order valence-electron chi connectivity index (χ3n) is 8.48. The molecule has 0 aliphatic carbocycles. The molecule has 0 aromatic carbocycles. The van der Waals surface area contributed by atoms with E-state index in [9.17, 15) is 19.5 Å². The zero-order valence-electron chi connectivity index (χ0n) is 35.1. The third kappa shape index (κ3) is 35.7. The van der Waals surface area contributed by atoms with Crippen molar-refractivity contribution >= 4 is 17.9 Å². The maximum absolute atomic E-state index is 12.7. The summed E-state index contributed by atoms with van der Waals surface area (Å²) in [6.07, 6.45) is 48.9. The van der Waals surface area contributed by atoms with Gasteiger partial charge in [0.05, 0.1) is 34.4 Å². The Morgan fingerprint density at radius 2 is 0.982 bits per heavy atom. The van der Waals surface area contributed by atoms with Gasteiger partial charge < -0.3 is 23.8 Å². The summed E-state index contributed by atoms with van der Waals surface area (Å²) >= 11 is 0. The Morgan fingerprint density at radius 1 is 0.545 bits per heavy atom. The first-order valence-corrected chi connectivity index (χ1v) is 20.8. The first-order chi connectivity index (χ1) is 26.6. The number of carbonyl (C=O) groups is 3. The molecule has 0 saturated heterocycles. The van der Waals surface area contributed by atoms with E-state index in [1.54, 1.807) is 0 Å². The normalized spacial score (nSPS) is 14.0. The number of likely N-dealkylation sites (N-methyl/N-ethyl adjacent to an activating group) is 1. The molecule has 0 bridgehead atoms. The van der Waals surface area contributed by atoms with E-state index in [0.29, 0.717) is 19.3 Å². The summed E-state index contributed by atoms with van der Waals surface area (Å²) in [4.78, 5) is 36.9. The zero-order valence-corrected chi connectivity index (χ0v) is 35.1. The highest BCUT2D eigenvalue weighted by atomic mass is 16.6. The maximum atomic E-state index is 12.7. The van der Waals surface area contributed by atoms with Gasteiger partial charge in [0.2, 0.25) is 0 Å². The van der Waals surface area contributed by atoms with Gasteiger partial charge >= 0.3 is 17.9 Å². The number of hydrogen-bond acceptors (Lipinski definition) is 6. The molecule has 0 saturated carbocycles. The Morgan fingerprint density at radius 3 is 1.45 bits per heavy atom. The molecule has 0 radical (unpaired) electrons. The minimum absolute atomic E-state index is 0.0243. The van der Waals surface area contributed by atoms with Crippen LogP contribution in [0.2, 0.25) is 0 Å². The Labute approximate surface area is 335 Å². The number of allylic oxidation sites excluding steroid dienone is 16.